The van der Waals surface area contributed by atoms with E-state index in [1.807, 2.05) is 36.4 Å². The lowest BCUT2D eigenvalue weighted by molar-refractivity contribution is 0.0983. The van der Waals surface area contributed by atoms with Crippen molar-refractivity contribution in [2.24, 2.45) is 0 Å². The van der Waals surface area contributed by atoms with Crippen LogP contribution in [0, 0.1) is 0 Å². The average Bonchev–Trinajstić information content (AvgIpc) is 3.00. The number of ketones is 1. The maximum absolute atomic E-state index is 12.3. The van der Waals surface area contributed by atoms with Gasteiger partial charge in [-0.25, -0.2) is 0 Å². The zero-order valence-corrected chi connectivity index (χ0v) is 13.3. The molecule has 112 valence electrons. The highest BCUT2D eigenvalue weighted by atomic mass is 32.1. The third-order valence-corrected chi connectivity index (χ3v) is 4.41. The number of hydrogen-bond acceptors (Lipinski definition) is 3. The maximum atomic E-state index is 12.3. The van der Waals surface area contributed by atoms with Crippen molar-refractivity contribution in [3.05, 3.63) is 65.7 Å². The Kier molecular flexibility index (Phi) is 4.64. The molecule has 0 bridgehead atoms. The van der Waals surface area contributed by atoms with E-state index in [4.69, 9.17) is 12.2 Å². The predicted octanol–water partition coefficient (Wildman–Crippen LogP) is 4.08. The molecule has 0 N–H and O–H groups in total. The maximum Gasteiger partial charge on any atom is 0.163 e. The van der Waals surface area contributed by atoms with Crippen LogP contribution in [0.5, 0.6) is 0 Å². The summed E-state index contributed by atoms with van der Waals surface area (Å²) in [6, 6.07) is 17.9. The Morgan fingerprint density at radius 3 is 2.50 bits per heavy atom. The van der Waals surface area contributed by atoms with Crippen molar-refractivity contribution < 1.29 is 4.79 Å². The van der Waals surface area contributed by atoms with Crippen LogP contribution in [-0.2, 0) is 6.42 Å². The Bertz CT molecular complexity index is 681. The van der Waals surface area contributed by atoms with Crippen molar-refractivity contribution >= 4 is 28.6 Å². The molecular weight excluding hydrogens is 290 g/mol. The van der Waals surface area contributed by atoms with Gasteiger partial charge in [0.05, 0.1) is 0 Å². The van der Waals surface area contributed by atoms with Crippen molar-refractivity contribution in [2.75, 3.05) is 18.0 Å². The van der Waals surface area contributed by atoms with Crippen LogP contribution >= 0.6 is 12.2 Å². The fourth-order valence-electron chi connectivity index (χ4n) is 2.88. The number of hydrogen-bond donors (Lipinski definition) is 0. The number of nitrogens with zero attached hydrogens (tertiary/aromatic N) is 1. The first-order valence-electron chi connectivity index (χ1n) is 7.67. The van der Waals surface area contributed by atoms with E-state index in [0.29, 0.717) is 6.42 Å². The van der Waals surface area contributed by atoms with Crippen molar-refractivity contribution in [3.8, 4) is 0 Å². The minimum absolute atomic E-state index is 0.201. The highest BCUT2D eigenvalue weighted by molar-refractivity contribution is 7.80. The number of aryl methyl sites for hydroxylation is 1. The number of para-hydroxylation sites is 1. The third kappa shape index (κ3) is 3.42. The molecular formula is C19H19NOS. The molecule has 1 aliphatic rings. The van der Waals surface area contributed by atoms with Crippen LogP contribution in [0.3, 0.4) is 0 Å². The zero-order chi connectivity index (χ0) is 15.4. The first kappa shape index (κ1) is 14.9. The zero-order valence-electron chi connectivity index (χ0n) is 12.5. The number of benzene rings is 2. The number of rotatable bonds is 5. The van der Waals surface area contributed by atoms with Gasteiger partial charge < -0.3 is 4.90 Å². The molecule has 2 aromatic carbocycles. The van der Waals surface area contributed by atoms with Crippen LogP contribution in [-0.4, -0.2) is 23.7 Å². The standard InChI is InChI=1S/C19H19NOS/c21-19(16-7-2-1-3-8-16)11-10-15-6-4-5-9-18(15)20-13-12-17(22)14-20/h1-9H,10-14H2. The summed E-state index contributed by atoms with van der Waals surface area (Å²) in [5.41, 5.74) is 3.25. The SMILES string of the molecule is O=C(CCc1ccccc1N1CCC(=S)C1)c1ccccc1. The van der Waals surface area contributed by atoms with Gasteiger partial charge in [0.15, 0.2) is 5.78 Å². The molecule has 0 aromatic heterocycles. The fourth-order valence-corrected chi connectivity index (χ4v) is 3.13. The van der Waals surface area contributed by atoms with Crippen molar-refractivity contribution in [1.82, 2.24) is 0 Å². The summed E-state index contributed by atoms with van der Waals surface area (Å²) in [7, 11) is 0. The molecule has 0 atom stereocenters. The summed E-state index contributed by atoms with van der Waals surface area (Å²) in [6.45, 7) is 1.85. The number of thiocarbonyl (C=S) groups is 1. The van der Waals surface area contributed by atoms with E-state index in [-0.39, 0.29) is 5.78 Å². The molecule has 1 heterocycles. The normalized spacial score (nSPS) is 14.4. The molecule has 2 nitrogen and oxygen atoms in total. The third-order valence-electron chi connectivity index (χ3n) is 4.08. The van der Waals surface area contributed by atoms with Gasteiger partial charge in [-0.2, -0.15) is 0 Å². The van der Waals surface area contributed by atoms with E-state index in [0.717, 1.165) is 36.4 Å². The second-order valence-corrected chi connectivity index (χ2v) is 6.21. The molecule has 0 spiro atoms. The van der Waals surface area contributed by atoms with E-state index in [1.165, 1.54) is 11.3 Å². The Labute approximate surface area is 136 Å². The Morgan fingerprint density at radius 2 is 1.77 bits per heavy atom. The van der Waals surface area contributed by atoms with Crippen LogP contribution in [0.4, 0.5) is 5.69 Å². The van der Waals surface area contributed by atoms with Crippen LogP contribution < -0.4 is 4.90 Å². The summed E-state index contributed by atoms with van der Waals surface area (Å²) >= 11 is 5.31. The lowest BCUT2D eigenvalue weighted by atomic mass is 10.0. The van der Waals surface area contributed by atoms with Gasteiger partial charge in [0, 0.05) is 35.6 Å². The minimum Gasteiger partial charge on any atom is -0.366 e. The lowest BCUT2D eigenvalue weighted by Crippen LogP contribution is -2.20. The van der Waals surface area contributed by atoms with Gasteiger partial charge >= 0.3 is 0 Å². The van der Waals surface area contributed by atoms with Crippen LogP contribution in [0.1, 0.15) is 28.8 Å². The molecule has 1 saturated heterocycles. The van der Waals surface area contributed by atoms with Crippen molar-refractivity contribution in [2.45, 2.75) is 19.3 Å². The molecule has 1 fully saturated rings. The van der Waals surface area contributed by atoms with Gasteiger partial charge in [0.1, 0.15) is 0 Å². The van der Waals surface area contributed by atoms with Gasteiger partial charge in [-0.3, -0.25) is 4.79 Å². The van der Waals surface area contributed by atoms with E-state index in [2.05, 4.69) is 23.1 Å². The summed E-state index contributed by atoms with van der Waals surface area (Å²) in [5.74, 6) is 0.201. The molecule has 22 heavy (non-hydrogen) atoms. The Balaban J connectivity index is 1.70. The van der Waals surface area contributed by atoms with Gasteiger partial charge in [0.2, 0.25) is 0 Å². The van der Waals surface area contributed by atoms with Gasteiger partial charge in [-0.15, -0.1) is 0 Å². The molecule has 0 amide bonds. The highest BCUT2D eigenvalue weighted by Gasteiger charge is 2.19. The topological polar surface area (TPSA) is 20.3 Å². The summed E-state index contributed by atoms with van der Waals surface area (Å²) < 4.78 is 0. The fraction of sp³-hybridized carbons (Fsp3) is 0.263. The van der Waals surface area contributed by atoms with Gasteiger partial charge in [-0.1, -0.05) is 60.7 Å². The summed E-state index contributed by atoms with van der Waals surface area (Å²) in [5, 5.41) is 0. The number of Topliss-reactive ketones (excluding diaryl/α,β-unsaturated/α-hetero) is 1. The summed E-state index contributed by atoms with van der Waals surface area (Å²) in [6.07, 6.45) is 2.30. The number of carbonyl (C=O) groups excluding carboxylic acids is 1. The molecule has 2 aromatic rings. The highest BCUT2D eigenvalue weighted by Crippen LogP contribution is 2.25. The largest absolute Gasteiger partial charge is 0.366 e. The molecule has 0 radical (unpaired) electrons. The van der Waals surface area contributed by atoms with Gasteiger partial charge in [-0.05, 0) is 24.5 Å². The first-order valence-corrected chi connectivity index (χ1v) is 8.07. The first-order chi connectivity index (χ1) is 10.7. The smallest absolute Gasteiger partial charge is 0.163 e. The molecule has 3 heteroatoms. The number of anilines is 1. The van der Waals surface area contributed by atoms with E-state index in [1.54, 1.807) is 0 Å². The molecule has 0 unspecified atom stereocenters. The van der Waals surface area contributed by atoms with E-state index < -0.39 is 0 Å². The average molecular weight is 309 g/mol. The molecule has 0 saturated carbocycles. The summed E-state index contributed by atoms with van der Waals surface area (Å²) in [4.78, 5) is 15.7. The monoisotopic (exact) mass is 309 g/mol. The Hall–Kier alpha value is -2.00. The van der Waals surface area contributed by atoms with E-state index in [9.17, 15) is 4.79 Å². The van der Waals surface area contributed by atoms with E-state index >= 15 is 0 Å². The second-order valence-electron chi connectivity index (χ2n) is 5.63. The Morgan fingerprint density at radius 1 is 1.05 bits per heavy atom. The van der Waals surface area contributed by atoms with Gasteiger partial charge in [0.25, 0.3) is 0 Å². The minimum atomic E-state index is 0.201. The molecule has 1 aliphatic heterocycles. The van der Waals surface area contributed by atoms with Crippen LogP contribution in [0.2, 0.25) is 0 Å². The molecule has 3 rings (SSSR count). The predicted molar refractivity (Wildman–Crippen MR) is 95.0 cm³/mol. The van der Waals surface area contributed by atoms with Crippen LogP contribution in [0.15, 0.2) is 54.6 Å². The second kappa shape index (κ2) is 6.84. The van der Waals surface area contributed by atoms with Crippen molar-refractivity contribution in [3.63, 3.8) is 0 Å². The van der Waals surface area contributed by atoms with Crippen LogP contribution in [0.25, 0.3) is 0 Å². The molecule has 0 aliphatic carbocycles. The number of carbonyl (C=O) groups is 1. The van der Waals surface area contributed by atoms with Crippen molar-refractivity contribution in [1.29, 1.82) is 0 Å². The lowest BCUT2D eigenvalue weighted by Gasteiger charge is -2.20. The quantitative estimate of drug-likeness (QED) is 0.613.